The van der Waals surface area contributed by atoms with Gasteiger partial charge in [-0.1, -0.05) is 113 Å². The van der Waals surface area contributed by atoms with Gasteiger partial charge in [-0.2, -0.15) is 0 Å². The second-order valence-corrected chi connectivity index (χ2v) is 18.2. The Hall–Kier alpha value is -6.01. The molecule has 3 nitrogen and oxygen atoms in total. The van der Waals surface area contributed by atoms with Crippen molar-refractivity contribution in [2.45, 2.75) is 38.5 Å². The maximum Gasteiger partial charge on any atom is 0.165 e. The third kappa shape index (κ3) is 4.30. The summed E-state index contributed by atoms with van der Waals surface area (Å²) in [4.78, 5) is 16.0. The molecule has 5 heteroatoms. The molecule has 3 aromatic heterocycles. The summed E-state index contributed by atoms with van der Waals surface area (Å²) in [6.07, 6.45) is 0. The molecule has 266 valence electrons. The Morgan fingerprint density at radius 3 is 1.48 bits per heavy atom. The molecule has 7 aromatic carbocycles. The summed E-state index contributed by atoms with van der Waals surface area (Å²) in [5.41, 5.74) is 13.6. The van der Waals surface area contributed by atoms with Crippen LogP contribution >= 0.6 is 22.7 Å². The average molecular weight is 754 g/mol. The van der Waals surface area contributed by atoms with Crippen LogP contribution in [-0.2, 0) is 10.8 Å². The van der Waals surface area contributed by atoms with Gasteiger partial charge in [0, 0.05) is 36.9 Å². The largest absolute Gasteiger partial charge is 0.208 e. The first kappa shape index (κ1) is 32.3. The molecule has 0 radical (unpaired) electrons. The zero-order chi connectivity index (χ0) is 37.5. The van der Waals surface area contributed by atoms with Gasteiger partial charge in [0.15, 0.2) is 17.5 Å². The van der Waals surface area contributed by atoms with E-state index in [1.54, 1.807) is 22.7 Å². The Morgan fingerprint density at radius 1 is 0.375 bits per heavy atom. The number of hydrogen-bond donors (Lipinski definition) is 0. The highest BCUT2D eigenvalue weighted by Crippen LogP contribution is 2.59. The highest BCUT2D eigenvalue weighted by molar-refractivity contribution is 7.18. The Morgan fingerprint density at radius 2 is 0.857 bits per heavy atom. The summed E-state index contributed by atoms with van der Waals surface area (Å²) in [6, 6.07) is 47.0. The van der Waals surface area contributed by atoms with Gasteiger partial charge in [-0.05, 0) is 130 Å². The first-order valence-electron chi connectivity index (χ1n) is 19.3. The van der Waals surface area contributed by atoms with Crippen molar-refractivity contribution in [3.05, 3.63) is 160 Å². The van der Waals surface area contributed by atoms with Crippen LogP contribution in [0.2, 0.25) is 0 Å². The van der Waals surface area contributed by atoms with E-state index in [0.29, 0.717) is 17.5 Å². The molecule has 0 spiro atoms. The molecule has 0 atom stereocenters. The van der Waals surface area contributed by atoms with Gasteiger partial charge in [-0.25, -0.2) is 15.0 Å². The first-order chi connectivity index (χ1) is 27.3. The van der Waals surface area contributed by atoms with Crippen LogP contribution in [0, 0.1) is 0 Å². The van der Waals surface area contributed by atoms with Crippen LogP contribution in [0.3, 0.4) is 0 Å². The van der Waals surface area contributed by atoms with E-state index in [4.69, 9.17) is 15.0 Å². The van der Waals surface area contributed by atoms with Gasteiger partial charge in [0.1, 0.15) is 0 Å². The topological polar surface area (TPSA) is 38.7 Å². The van der Waals surface area contributed by atoms with Crippen molar-refractivity contribution < 1.29 is 0 Å². The predicted molar refractivity (Wildman–Crippen MR) is 237 cm³/mol. The Kier molecular flexibility index (Phi) is 6.50. The minimum Gasteiger partial charge on any atom is -0.208 e. The van der Waals surface area contributed by atoms with Gasteiger partial charge in [0.05, 0.1) is 0 Å². The molecule has 0 unspecified atom stereocenters. The van der Waals surface area contributed by atoms with E-state index in [-0.39, 0.29) is 10.8 Å². The fraction of sp³-hybridized carbons (Fsp3) is 0.118. The smallest absolute Gasteiger partial charge is 0.165 e. The molecule has 3 heterocycles. The Balaban J connectivity index is 1.12. The van der Waals surface area contributed by atoms with Crippen LogP contribution in [0.25, 0.3) is 98.1 Å². The SMILES string of the molecule is CC1(C)c2cc3c(cc2-c2c1ccc1ccccc21)C(C)(C)c1cc(-c2nc(-c4cccc5ccsc45)nc(-c4cccc5ccsc45)n2)c2ccccc2c1-3. The summed E-state index contributed by atoms with van der Waals surface area (Å²) in [5.74, 6) is 2.09. The molecule has 0 saturated heterocycles. The highest BCUT2D eigenvalue weighted by atomic mass is 32.1. The molecular formula is C51H35N3S2. The highest BCUT2D eigenvalue weighted by Gasteiger charge is 2.43. The number of hydrogen-bond acceptors (Lipinski definition) is 5. The van der Waals surface area contributed by atoms with E-state index in [1.165, 1.54) is 80.8 Å². The third-order valence-electron chi connectivity index (χ3n) is 12.7. The number of rotatable bonds is 3. The van der Waals surface area contributed by atoms with Gasteiger partial charge in [-0.15, -0.1) is 22.7 Å². The van der Waals surface area contributed by atoms with E-state index < -0.39 is 0 Å². The van der Waals surface area contributed by atoms with Crippen LogP contribution in [0.5, 0.6) is 0 Å². The summed E-state index contributed by atoms with van der Waals surface area (Å²) in [5, 5.41) is 11.7. The van der Waals surface area contributed by atoms with Crippen molar-refractivity contribution in [2.75, 3.05) is 0 Å². The summed E-state index contributed by atoms with van der Waals surface area (Å²) >= 11 is 3.47. The van der Waals surface area contributed by atoms with Crippen LogP contribution in [-0.4, -0.2) is 15.0 Å². The van der Waals surface area contributed by atoms with Crippen molar-refractivity contribution in [3.63, 3.8) is 0 Å². The zero-order valence-electron chi connectivity index (χ0n) is 31.4. The van der Waals surface area contributed by atoms with Gasteiger partial charge in [0.2, 0.25) is 0 Å². The monoisotopic (exact) mass is 753 g/mol. The number of thiophene rings is 2. The van der Waals surface area contributed by atoms with Gasteiger partial charge in [0.25, 0.3) is 0 Å². The minimum absolute atomic E-state index is 0.124. The molecule has 2 aliphatic carbocycles. The fourth-order valence-corrected chi connectivity index (χ4v) is 11.7. The lowest BCUT2D eigenvalue weighted by molar-refractivity contribution is 0.652. The molecule has 10 aromatic rings. The number of nitrogens with zero attached hydrogens (tertiary/aromatic N) is 3. The maximum atomic E-state index is 5.38. The molecule has 0 amide bonds. The van der Waals surface area contributed by atoms with Crippen molar-refractivity contribution in [3.8, 4) is 56.4 Å². The predicted octanol–water partition coefficient (Wildman–Crippen LogP) is 14.2. The van der Waals surface area contributed by atoms with Crippen LogP contribution < -0.4 is 0 Å². The molecule has 12 rings (SSSR count). The molecule has 2 aliphatic rings. The lowest BCUT2D eigenvalue weighted by atomic mass is 9.79. The second kappa shape index (κ2) is 11.3. The van der Waals surface area contributed by atoms with E-state index in [9.17, 15) is 0 Å². The van der Waals surface area contributed by atoms with Crippen LogP contribution in [0.1, 0.15) is 49.9 Å². The summed E-state index contributed by atoms with van der Waals surface area (Å²) in [6.45, 7) is 9.58. The number of benzene rings is 7. The second-order valence-electron chi connectivity index (χ2n) is 16.4. The third-order valence-corrected chi connectivity index (χ3v) is 14.6. The quantitative estimate of drug-likeness (QED) is 0.180. The number of fused-ring (bicyclic) bond motifs is 12. The van der Waals surface area contributed by atoms with Crippen molar-refractivity contribution in [1.82, 2.24) is 15.0 Å². The molecule has 0 aliphatic heterocycles. The van der Waals surface area contributed by atoms with Gasteiger partial charge >= 0.3 is 0 Å². The number of aromatic nitrogens is 3. The fourth-order valence-electron chi connectivity index (χ4n) is 9.84. The van der Waals surface area contributed by atoms with Crippen molar-refractivity contribution >= 4 is 64.4 Å². The van der Waals surface area contributed by atoms with Gasteiger partial charge in [-0.3, -0.25) is 0 Å². The Bertz CT molecular complexity index is 3230. The maximum absolute atomic E-state index is 5.38. The normalized spacial score (nSPS) is 14.7. The molecule has 0 fully saturated rings. The standard InChI is InChI=1S/C51H35N3S2/c1-50(2)39-20-19-28-11-5-6-14-31(28)43(39)37-26-41-38(27-40(37)50)44-33-16-8-7-15-32(33)36(25-42(44)51(41,3)4)49-53-47(34-17-9-12-29-21-23-55-45(29)34)52-48(54-49)35-18-10-13-30-22-24-56-46(30)35/h5-27H,1-4H3. The van der Waals surface area contributed by atoms with E-state index in [1.807, 2.05) is 0 Å². The summed E-state index contributed by atoms with van der Waals surface area (Å²) in [7, 11) is 0. The molecule has 0 saturated carbocycles. The zero-order valence-corrected chi connectivity index (χ0v) is 33.1. The average Bonchev–Trinajstić information content (AvgIpc) is 4.00. The minimum atomic E-state index is -0.264. The van der Waals surface area contributed by atoms with E-state index >= 15 is 0 Å². The van der Waals surface area contributed by atoms with Crippen molar-refractivity contribution in [1.29, 1.82) is 0 Å². The van der Waals surface area contributed by atoms with E-state index in [2.05, 4.69) is 166 Å². The molecule has 0 N–H and O–H groups in total. The molecule has 0 bridgehead atoms. The van der Waals surface area contributed by atoms with Crippen LogP contribution in [0.15, 0.2) is 138 Å². The van der Waals surface area contributed by atoms with Crippen molar-refractivity contribution in [2.24, 2.45) is 0 Å². The van der Waals surface area contributed by atoms with Gasteiger partial charge < -0.3 is 0 Å². The lowest BCUT2D eigenvalue weighted by Crippen LogP contribution is -2.17. The lowest BCUT2D eigenvalue weighted by Gasteiger charge is -2.24. The van der Waals surface area contributed by atoms with E-state index in [0.717, 1.165) is 22.1 Å². The Labute approximate surface area is 333 Å². The first-order valence-corrected chi connectivity index (χ1v) is 21.0. The molecular weight excluding hydrogens is 719 g/mol. The molecule has 56 heavy (non-hydrogen) atoms. The van der Waals surface area contributed by atoms with Crippen LogP contribution in [0.4, 0.5) is 0 Å². The summed E-state index contributed by atoms with van der Waals surface area (Å²) < 4.78 is 2.37.